The number of aliphatic imine (C=N–C) groups is 1. The van der Waals surface area contributed by atoms with E-state index in [0.717, 1.165) is 12.8 Å². The fourth-order valence-corrected chi connectivity index (χ4v) is 3.89. The van der Waals surface area contributed by atoms with Crippen molar-refractivity contribution in [2.24, 2.45) is 4.99 Å². The van der Waals surface area contributed by atoms with Gasteiger partial charge in [0, 0.05) is 13.6 Å². The minimum absolute atomic E-state index is 0.0480. The van der Waals surface area contributed by atoms with Crippen molar-refractivity contribution in [1.82, 2.24) is 20.4 Å². The number of hydrogen-bond donors (Lipinski definition) is 3. The van der Waals surface area contributed by atoms with Gasteiger partial charge in [-0.1, -0.05) is 64.7 Å². The number of nitrogens with one attached hydrogen (secondary N) is 2. The third-order valence-corrected chi connectivity index (χ3v) is 5.53. The molecule has 2 fully saturated rings. The summed E-state index contributed by atoms with van der Waals surface area (Å²) in [6.07, 6.45) is 12.1. The second-order valence-corrected chi connectivity index (χ2v) is 7.74. The van der Waals surface area contributed by atoms with E-state index in [0.29, 0.717) is 12.5 Å². The van der Waals surface area contributed by atoms with Crippen LogP contribution in [-0.2, 0) is 4.79 Å². The van der Waals surface area contributed by atoms with Crippen LogP contribution in [0.3, 0.4) is 0 Å². The zero-order valence-corrected chi connectivity index (χ0v) is 17.5. The highest BCUT2D eigenvalue weighted by Crippen LogP contribution is 2.21. The van der Waals surface area contributed by atoms with Gasteiger partial charge in [0.1, 0.15) is 6.17 Å². The van der Waals surface area contributed by atoms with Gasteiger partial charge in [-0.2, -0.15) is 0 Å². The Balaban J connectivity index is 1.77. The first-order chi connectivity index (χ1) is 13.6. The average Bonchev–Trinajstić information content (AvgIpc) is 3.05. The average molecular weight is 396 g/mol. The lowest BCUT2D eigenvalue weighted by Crippen LogP contribution is -2.64. The summed E-state index contributed by atoms with van der Waals surface area (Å²) >= 11 is 0. The van der Waals surface area contributed by atoms with Crippen molar-refractivity contribution >= 4 is 17.9 Å². The van der Waals surface area contributed by atoms with Gasteiger partial charge >= 0.3 is 6.03 Å². The molecule has 0 aromatic rings. The van der Waals surface area contributed by atoms with Crippen LogP contribution in [0, 0.1) is 0 Å². The molecule has 0 spiro atoms. The Morgan fingerprint density at radius 2 is 1.61 bits per heavy atom. The molecule has 2 rings (SSSR count). The minimum atomic E-state index is -0.473. The molecule has 2 atom stereocenters. The Bertz CT molecular complexity index is 540. The summed E-state index contributed by atoms with van der Waals surface area (Å²) in [5, 5.41) is 14.7. The maximum atomic E-state index is 12.4. The fourth-order valence-electron chi connectivity index (χ4n) is 3.89. The summed E-state index contributed by atoms with van der Waals surface area (Å²) in [5.74, 6) is 0.304. The van der Waals surface area contributed by atoms with Crippen LogP contribution in [0.5, 0.6) is 0 Å². The lowest BCUT2D eigenvalue weighted by molar-refractivity contribution is -0.127. The number of guanidine groups is 1. The van der Waals surface area contributed by atoms with Gasteiger partial charge in [0.05, 0.1) is 13.2 Å². The molecular formula is C20H37N5O3. The lowest BCUT2D eigenvalue weighted by atomic mass is 10.1. The molecule has 2 aliphatic heterocycles. The number of nitrogens with zero attached hydrogens (tertiary/aromatic N) is 3. The predicted octanol–water partition coefficient (Wildman–Crippen LogP) is 2.04. The molecule has 3 N–H and O–H groups in total. The SMILES string of the molecule is CCCCCCCCCCCCN1C(=NCCO)NC2C1C(=O)NC(=O)N2C. The van der Waals surface area contributed by atoms with Crippen LogP contribution >= 0.6 is 0 Å². The van der Waals surface area contributed by atoms with Crippen LogP contribution in [0.2, 0.25) is 0 Å². The number of carbonyl (C=O) groups excluding carboxylic acids is 2. The van der Waals surface area contributed by atoms with Gasteiger partial charge in [-0.25, -0.2) is 4.79 Å². The van der Waals surface area contributed by atoms with Gasteiger partial charge in [0.25, 0.3) is 5.91 Å². The number of fused-ring (bicyclic) bond motifs is 1. The monoisotopic (exact) mass is 395 g/mol. The third kappa shape index (κ3) is 6.09. The molecule has 3 amide bonds. The van der Waals surface area contributed by atoms with E-state index in [9.17, 15) is 9.59 Å². The number of unbranched alkanes of at least 4 members (excludes halogenated alkanes) is 9. The Morgan fingerprint density at radius 3 is 2.21 bits per heavy atom. The van der Waals surface area contributed by atoms with Crippen LogP contribution < -0.4 is 10.6 Å². The van der Waals surface area contributed by atoms with Crippen molar-refractivity contribution in [3.05, 3.63) is 0 Å². The van der Waals surface area contributed by atoms with Crippen LogP contribution in [-0.4, -0.2) is 71.8 Å². The van der Waals surface area contributed by atoms with E-state index in [4.69, 9.17) is 5.11 Å². The number of carbonyl (C=O) groups is 2. The quantitative estimate of drug-likeness (QED) is 0.415. The largest absolute Gasteiger partial charge is 0.394 e. The van der Waals surface area contributed by atoms with Crippen LogP contribution in [0.15, 0.2) is 4.99 Å². The maximum Gasteiger partial charge on any atom is 0.325 e. The Hall–Kier alpha value is -1.83. The fraction of sp³-hybridized carbons (Fsp3) is 0.850. The van der Waals surface area contributed by atoms with Gasteiger partial charge < -0.3 is 20.2 Å². The normalized spacial score (nSPS) is 23.2. The maximum absolute atomic E-state index is 12.4. The molecule has 8 heteroatoms. The van der Waals surface area contributed by atoms with E-state index in [1.165, 1.54) is 56.3 Å². The number of aliphatic hydroxyl groups is 1. The molecule has 28 heavy (non-hydrogen) atoms. The molecule has 0 bridgehead atoms. The molecule has 2 saturated heterocycles. The molecule has 2 heterocycles. The van der Waals surface area contributed by atoms with Gasteiger partial charge in [0.2, 0.25) is 0 Å². The topological polar surface area (TPSA) is 97.3 Å². The number of urea groups is 1. The second-order valence-electron chi connectivity index (χ2n) is 7.74. The molecule has 0 aliphatic carbocycles. The summed E-state index contributed by atoms with van der Waals surface area (Å²) in [7, 11) is 1.67. The summed E-state index contributed by atoms with van der Waals surface area (Å²) in [4.78, 5) is 32.1. The van der Waals surface area contributed by atoms with Crippen molar-refractivity contribution < 1.29 is 14.7 Å². The smallest absolute Gasteiger partial charge is 0.325 e. The number of hydrogen-bond acceptors (Lipinski definition) is 4. The van der Waals surface area contributed by atoms with E-state index in [1.807, 2.05) is 4.90 Å². The first-order valence-electron chi connectivity index (χ1n) is 10.9. The van der Waals surface area contributed by atoms with E-state index in [-0.39, 0.29) is 19.1 Å². The zero-order chi connectivity index (χ0) is 20.4. The molecule has 0 aromatic heterocycles. The van der Waals surface area contributed by atoms with Crippen molar-refractivity contribution in [3.63, 3.8) is 0 Å². The van der Waals surface area contributed by atoms with Gasteiger partial charge in [-0.3, -0.25) is 15.1 Å². The van der Waals surface area contributed by atoms with Crippen molar-refractivity contribution in [2.75, 3.05) is 26.7 Å². The highest BCUT2D eigenvalue weighted by Gasteiger charge is 2.49. The highest BCUT2D eigenvalue weighted by atomic mass is 16.3. The van der Waals surface area contributed by atoms with Gasteiger partial charge in [0.15, 0.2) is 12.0 Å². The van der Waals surface area contributed by atoms with Gasteiger partial charge in [-0.05, 0) is 6.42 Å². The van der Waals surface area contributed by atoms with Crippen molar-refractivity contribution in [2.45, 2.75) is 83.3 Å². The summed E-state index contributed by atoms with van der Waals surface area (Å²) < 4.78 is 0. The number of amides is 3. The Kier molecular flexibility index (Phi) is 9.54. The number of imide groups is 1. The van der Waals surface area contributed by atoms with E-state index >= 15 is 0 Å². The first kappa shape index (κ1) is 22.5. The first-order valence-corrected chi connectivity index (χ1v) is 10.9. The molecule has 8 nitrogen and oxygen atoms in total. The van der Waals surface area contributed by atoms with E-state index in [1.54, 1.807) is 7.05 Å². The molecule has 2 aliphatic rings. The second kappa shape index (κ2) is 11.9. The molecule has 0 aromatic carbocycles. The Morgan fingerprint density at radius 1 is 1.00 bits per heavy atom. The molecule has 160 valence electrons. The highest BCUT2D eigenvalue weighted by molar-refractivity contribution is 6.04. The van der Waals surface area contributed by atoms with Crippen LogP contribution in [0.1, 0.15) is 71.1 Å². The Labute approximate surface area is 168 Å². The van der Waals surface area contributed by atoms with Crippen molar-refractivity contribution in [1.29, 1.82) is 0 Å². The third-order valence-electron chi connectivity index (χ3n) is 5.53. The van der Waals surface area contributed by atoms with Crippen LogP contribution in [0.25, 0.3) is 0 Å². The summed E-state index contributed by atoms with van der Waals surface area (Å²) in [5.41, 5.74) is 0. The predicted molar refractivity (Wildman–Crippen MR) is 110 cm³/mol. The van der Waals surface area contributed by atoms with Crippen molar-refractivity contribution in [3.8, 4) is 0 Å². The van der Waals surface area contributed by atoms with Gasteiger partial charge in [-0.15, -0.1) is 0 Å². The molecule has 0 radical (unpaired) electrons. The summed E-state index contributed by atoms with van der Waals surface area (Å²) in [6.45, 7) is 3.18. The molecule has 0 saturated carbocycles. The van der Waals surface area contributed by atoms with Crippen LogP contribution in [0.4, 0.5) is 4.79 Å². The van der Waals surface area contributed by atoms with E-state index in [2.05, 4.69) is 22.5 Å². The lowest BCUT2D eigenvalue weighted by Gasteiger charge is -2.35. The van der Waals surface area contributed by atoms with E-state index < -0.39 is 18.2 Å². The number of aliphatic hydroxyl groups excluding tert-OH is 1. The number of rotatable bonds is 13. The standard InChI is InChI=1S/C20H37N5O3/c1-3-4-5-6-7-8-9-10-11-12-14-25-16-17(22-19(25)21-13-15-26)24(2)20(28)23-18(16)27/h16-17,26H,3-15H2,1-2H3,(H,21,22)(H,23,27,28). The zero-order valence-electron chi connectivity index (χ0n) is 17.5. The minimum Gasteiger partial charge on any atom is -0.394 e. The molecule has 2 unspecified atom stereocenters. The summed E-state index contributed by atoms with van der Waals surface area (Å²) in [6, 6.07) is -0.875. The number of likely N-dealkylation sites (N-methyl/N-ethyl adjacent to an activating group) is 1. The molecular weight excluding hydrogens is 358 g/mol.